The highest BCUT2D eigenvalue weighted by molar-refractivity contribution is 6.31. The Morgan fingerprint density at radius 2 is 2.12 bits per heavy atom. The van der Waals surface area contributed by atoms with Gasteiger partial charge in [0.2, 0.25) is 0 Å². The van der Waals surface area contributed by atoms with Gasteiger partial charge in [0, 0.05) is 17.1 Å². The topological polar surface area (TPSA) is 21.3 Å². The van der Waals surface area contributed by atoms with Crippen LogP contribution in [0.5, 0.6) is 0 Å². The van der Waals surface area contributed by atoms with E-state index in [0.29, 0.717) is 13.2 Å². The maximum atomic E-state index is 12.9. The number of hydrogen-bond acceptors (Lipinski definition) is 2. The van der Waals surface area contributed by atoms with Crippen LogP contribution in [0.4, 0.5) is 13.2 Å². The molecular formula is C11H11ClF3NO. The minimum Gasteiger partial charge on any atom is -0.378 e. The van der Waals surface area contributed by atoms with Crippen LogP contribution < -0.4 is 5.32 Å². The van der Waals surface area contributed by atoms with Gasteiger partial charge >= 0.3 is 6.18 Å². The zero-order valence-electron chi connectivity index (χ0n) is 8.85. The van der Waals surface area contributed by atoms with Crippen molar-refractivity contribution in [3.63, 3.8) is 0 Å². The number of nitrogens with one attached hydrogen (secondary N) is 1. The van der Waals surface area contributed by atoms with Gasteiger partial charge in [-0.2, -0.15) is 13.2 Å². The van der Waals surface area contributed by atoms with Crippen molar-refractivity contribution in [1.29, 1.82) is 0 Å². The molecule has 1 atom stereocenters. The number of morpholine rings is 1. The van der Waals surface area contributed by atoms with Crippen LogP contribution in [0.2, 0.25) is 5.02 Å². The van der Waals surface area contributed by atoms with Gasteiger partial charge in [-0.15, -0.1) is 0 Å². The Morgan fingerprint density at radius 3 is 2.71 bits per heavy atom. The predicted molar refractivity (Wildman–Crippen MR) is 58.0 cm³/mol. The molecule has 2 rings (SSSR count). The van der Waals surface area contributed by atoms with Crippen molar-refractivity contribution in [3.8, 4) is 0 Å². The molecule has 0 radical (unpaired) electrons. The fourth-order valence-corrected chi connectivity index (χ4v) is 2.20. The summed E-state index contributed by atoms with van der Waals surface area (Å²) in [5, 5.41) is 3.09. The first-order valence-electron chi connectivity index (χ1n) is 5.17. The third-order valence-electron chi connectivity index (χ3n) is 2.63. The summed E-state index contributed by atoms with van der Waals surface area (Å²) >= 11 is 5.87. The Bertz CT molecular complexity index is 402. The first-order chi connectivity index (χ1) is 8.00. The maximum Gasteiger partial charge on any atom is 0.416 e. The summed E-state index contributed by atoms with van der Waals surface area (Å²) in [5.41, 5.74) is -0.630. The zero-order valence-corrected chi connectivity index (χ0v) is 9.61. The van der Waals surface area contributed by atoms with E-state index in [-0.39, 0.29) is 17.2 Å². The highest BCUT2D eigenvalue weighted by Gasteiger charge is 2.36. The van der Waals surface area contributed by atoms with Crippen molar-refractivity contribution >= 4 is 11.6 Å². The lowest BCUT2D eigenvalue weighted by Gasteiger charge is -2.27. The molecule has 0 bridgehead atoms. The van der Waals surface area contributed by atoms with Gasteiger partial charge in [-0.05, 0) is 12.1 Å². The average Bonchev–Trinajstić information content (AvgIpc) is 2.28. The molecule has 94 valence electrons. The van der Waals surface area contributed by atoms with Crippen LogP contribution in [0.25, 0.3) is 0 Å². The summed E-state index contributed by atoms with van der Waals surface area (Å²) in [6, 6.07) is 3.30. The number of ether oxygens (including phenoxy) is 1. The van der Waals surface area contributed by atoms with Gasteiger partial charge in [0.15, 0.2) is 0 Å². The molecule has 1 N–H and O–H groups in total. The zero-order chi connectivity index (χ0) is 12.5. The largest absolute Gasteiger partial charge is 0.416 e. The van der Waals surface area contributed by atoms with Crippen molar-refractivity contribution in [3.05, 3.63) is 34.3 Å². The molecular weight excluding hydrogens is 255 g/mol. The number of benzene rings is 1. The quantitative estimate of drug-likeness (QED) is 0.843. The molecule has 17 heavy (non-hydrogen) atoms. The van der Waals surface area contributed by atoms with E-state index in [1.807, 2.05) is 0 Å². The molecule has 1 aliphatic heterocycles. The molecule has 0 saturated carbocycles. The molecule has 0 unspecified atom stereocenters. The van der Waals surface area contributed by atoms with E-state index in [2.05, 4.69) is 5.32 Å². The second-order valence-corrected chi connectivity index (χ2v) is 4.19. The van der Waals surface area contributed by atoms with Gasteiger partial charge < -0.3 is 10.1 Å². The second-order valence-electron chi connectivity index (χ2n) is 3.78. The third kappa shape index (κ3) is 2.73. The lowest BCUT2D eigenvalue weighted by Crippen LogP contribution is -2.36. The van der Waals surface area contributed by atoms with Crippen molar-refractivity contribution < 1.29 is 17.9 Å². The summed E-state index contributed by atoms with van der Waals surface area (Å²) < 4.78 is 43.7. The SMILES string of the molecule is FC(F)(F)c1cccc(Cl)c1[C@@H]1COCCN1. The summed E-state index contributed by atoms with van der Waals surface area (Å²) in [5.74, 6) is 0. The fourth-order valence-electron chi connectivity index (χ4n) is 1.89. The summed E-state index contributed by atoms with van der Waals surface area (Å²) in [4.78, 5) is 0. The molecule has 0 amide bonds. The standard InChI is InChI=1S/C11H11ClF3NO/c12-8-3-1-2-7(11(13,14)15)10(8)9-6-17-5-4-16-9/h1-3,9,16H,4-6H2/t9-/m0/s1. The molecule has 1 saturated heterocycles. The minimum atomic E-state index is -4.40. The summed E-state index contributed by atoms with van der Waals surface area (Å²) in [6.45, 7) is 1.22. The van der Waals surface area contributed by atoms with E-state index in [1.54, 1.807) is 0 Å². The molecule has 1 fully saturated rings. The number of halogens is 4. The Hall–Kier alpha value is -0.780. The molecule has 1 aromatic rings. The van der Waals surface area contributed by atoms with Gasteiger partial charge in [-0.3, -0.25) is 0 Å². The van der Waals surface area contributed by atoms with Crippen molar-refractivity contribution in [2.24, 2.45) is 0 Å². The lowest BCUT2D eigenvalue weighted by atomic mass is 9.99. The van der Waals surface area contributed by atoms with Crippen LogP contribution in [0.1, 0.15) is 17.2 Å². The van der Waals surface area contributed by atoms with Gasteiger partial charge in [0.05, 0.1) is 24.8 Å². The van der Waals surface area contributed by atoms with E-state index in [4.69, 9.17) is 16.3 Å². The van der Waals surface area contributed by atoms with Crippen LogP contribution in [0, 0.1) is 0 Å². The molecule has 0 spiro atoms. The predicted octanol–water partition coefficient (Wildman–Crippen LogP) is 3.02. The van der Waals surface area contributed by atoms with E-state index in [0.717, 1.165) is 6.07 Å². The molecule has 6 heteroatoms. The van der Waals surface area contributed by atoms with Gasteiger partial charge in [-0.25, -0.2) is 0 Å². The highest BCUT2D eigenvalue weighted by atomic mass is 35.5. The molecule has 1 heterocycles. The normalized spacial score (nSPS) is 21.5. The van der Waals surface area contributed by atoms with E-state index in [1.165, 1.54) is 12.1 Å². The van der Waals surface area contributed by atoms with Crippen LogP contribution in [0.3, 0.4) is 0 Å². The highest BCUT2D eigenvalue weighted by Crippen LogP contribution is 2.38. The average molecular weight is 266 g/mol. The van der Waals surface area contributed by atoms with Gasteiger partial charge in [-0.1, -0.05) is 17.7 Å². The van der Waals surface area contributed by atoms with Crippen molar-refractivity contribution in [2.75, 3.05) is 19.8 Å². The number of alkyl halides is 3. The van der Waals surface area contributed by atoms with Crippen molar-refractivity contribution in [1.82, 2.24) is 5.32 Å². The van der Waals surface area contributed by atoms with Crippen LogP contribution in [-0.2, 0) is 10.9 Å². The summed E-state index contributed by atoms with van der Waals surface area (Å²) in [7, 11) is 0. The Kier molecular flexibility index (Phi) is 3.61. The Labute approximate surface area is 102 Å². The van der Waals surface area contributed by atoms with Gasteiger partial charge in [0.1, 0.15) is 0 Å². The van der Waals surface area contributed by atoms with E-state index in [9.17, 15) is 13.2 Å². The molecule has 1 aromatic carbocycles. The number of rotatable bonds is 1. The smallest absolute Gasteiger partial charge is 0.378 e. The van der Waals surface area contributed by atoms with E-state index >= 15 is 0 Å². The minimum absolute atomic E-state index is 0.0707. The molecule has 2 nitrogen and oxygen atoms in total. The second kappa shape index (κ2) is 4.84. The first-order valence-corrected chi connectivity index (χ1v) is 5.54. The summed E-state index contributed by atoms with van der Waals surface area (Å²) in [6.07, 6.45) is -4.40. The number of hydrogen-bond donors (Lipinski definition) is 1. The van der Waals surface area contributed by atoms with E-state index < -0.39 is 17.8 Å². The molecule has 0 aromatic heterocycles. The maximum absolute atomic E-state index is 12.9. The fraction of sp³-hybridized carbons (Fsp3) is 0.455. The van der Waals surface area contributed by atoms with Crippen LogP contribution >= 0.6 is 11.6 Å². The lowest BCUT2D eigenvalue weighted by molar-refractivity contribution is -0.138. The Balaban J connectivity index is 2.43. The monoisotopic (exact) mass is 265 g/mol. The molecule has 0 aliphatic carbocycles. The Morgan fingerprint density at radius 1 is 1.35 bits per heavy atom. The first kappa shape index (κ1) is 12.7. The third-order valence-corrected chi connectivity index (χ3v) is 2.96. The van der Waals surface area contributed by atoms with Gasteiger partial charge in [0.25, 0.3) is 0 Å². The molecule has 1 aliphatic rings. The van der Waals surface area contributed by atoms with Crippen LogP contribution in [0.15, 0.2) is 18.2 Å². The van der Waals surface area contributed by atoms with Crippen LogP contribution in [-0.4, -0.2) is 19.8 Å². The van der Waals surface area contributed by atoms with Crippen molar-refractivity contribution in [2.45, 2.75) is 12.2 Å².